The van der Waals surface area contributed by atoms with Crippen LogP contribution < -0.4 is 10.6 Å². The fourth-order valence-corrected chi connectivity index (χ4v) is 3.64. The summed E-state index contributed by atoms with van der Waals surface area (Å²) in [5, 5.41) is 9.54. The summed E-state index contributed by atoms with van der Waals surface area (Å²) < 4.78 is 12.4. The van der Waals surface area contributed by atoms with Gasteiger partial charge in [-0.15, -0.1) is 0 Å². The monoisotopic (exact) mass is 408 g/mol. The molecule has 1 aromatic carbocycles. The van der Waals surface area contributed by atoms with Gasteiger partial charge in [0.2, 0.25) is 0 Å². The molecule has 1 unspecified atom stereocenters. The summed E-state index contributed by atoms with van der Waals surface area (Å²) in [6.45, 7) is 3.55. The molecular formula is C22H24N4O4. The van der Waals surface area contributed by atoms with Crippen LogP contribution in [0.3, 0.4) is 0 Å². The van der Waals surface area contributed by atoms with Gasteiger partial charge in [-0.2, -0.15) is 0 Å². The molecule has 2 amide bonds. The number of carbonyl (C=O) groups excluding carboxylic acids is 2. The first-order chi connectivity index (χ1) is 14.7. The molecule has 0 saturated heterocycles. The van der Waals surface area contributed by atoms with Gasteiger partial charge in [-0.1, -0.05) is 42.4 Å². The van der Waals surface area contributed by atoms with Gasteiger partial charge in [-0.05, 0) is 18.1 Å². The van der Waals surface area contributed by atoms with Crippen LogP contribution in [0.2, 0.25) is 0 Å². The minimum Gasteiger partial charge on any atom is -0.373 e. The van der Waals surface area contributed by atoms with Gasteiger partial charge in [0.1, 0.15) is 5.69 Å². The molecule has 156 valence electrons. The first kappa shape index (κ1) is 19.9. The maximum Gasteiger partial charge on any atom is 0.268 e. The van der Waals surface area contributed by atoms with E-state index in [0.29, 0.717) is 42.5 Å². The number of hydrogen-bond donors (Lipinski definition) is 2. The number of rotatable bonds is 7. The number of fused-ring (bicyclic) bond motifs is 1. The summed E-state index contributed by atoms with van der Waals surface area (Å²) in [5.74, 6) is 0.0710. The quantitative estimate of drug-likeness (QED) is 0.626. The second kappa shape index (κ2) is 8.96. The lowest BCUT2D eigenvalue weighted by atomic mass is 10.0. The molecule has 0 bridgehead atoms. The number of benzene rings is 1. The third-order valence-corrected chi connectivity index (χ3v) is 5.21. The highest BCUT2D eigenvalue weighted by atomic mass is 16.5. The fourth-order valence-electron chi connectivity index (χ4n) is 3.64. The highest BCUT2D eigenvalue weighted by molar-refractivity contribution is 6.00. The molecular weight excluding hydrogens is 384 g/mol. The molecule has 1 aliphatic heterocycles. The number of hydrogen-bond acceptors (Lipinski definition) is 5. The van der Waals surface area contributed by atoms with E-state index in [-0.39, 0.29) is 24.4 Å². The van der Waals surface area contributed by atoms with Crippen LogP contribution >= 0.6 is 0 Å². The van der Waals surface area contributed by atoms with E-state index in [1.54, 1.807) is 12.1 Å². The third-order valence-electron chi connectivity index (χ3n) is 5.21. The van der Waals surface area contributed by atoms with Gasteiger partial charge in [-0.25, -0.2) is 0 Å². The average molecular weight is 408 g/mol. The summed E-state index contributed by atoms with van der Waals surface area (Å²) in [4.78, 5) is 25.9. The minimum absolute atomic E-state index is 0.109. The second-order valence-corrected chi connectivity index (χ2v) is 7.10. The molecule has 0 saturated carbocycles. The van der Waals surface area contributed by atoms with Crippen LogP contribution in [0.5, 0.6) is 0 Å². The minimum atomic E-state index is -0.274. The normalized spacial score (nSPS) is 14.0. The van der Waals surface area contributed by atoms with E-state index >= 15 is 0 Å². The lowest BCUT2D eigenvalue weighted by molar-refractivity contribution is 0.0775. The fraction of sp³-hybridized carbons (Fsp3) is 0.318. The van der Waals surface area contributed by atoms with Crippen molar-refractivity contribution in [1.29, 1.82) is 0 Å². The zero-order valence-corrected chi connectivity index (χ0v) is 16.8. The molecule has 8 heteroatoms. The predicted octanol–water partition coefficient (Wildman–Crippen LogP) is 2.82. The summed E-state index contributed by atoms with van der Waals surface area (Å²) in [6, 6.07) is 13.1. The van der Waals surface area contributed by atoms with Crippen LogP contribution in [-0.2, 0) is 24.4 Å². The molecule has 0 radical (unpaired) electrons. The van der Waals surface area contributed by atoms with E-state index in [2.05, 4.69) is 15.8 Å². The van der Waals surface area contributed by atoms with Crippen molar-refractivity contribution in [3.63, 3.8) is 0 Å². The number of carbonyl (C=O) groups is 2. The van der Waals surface area contributed by atoms with Crippen molar-refractivity contribution in [2.45, 2.75) is 39.1 Å². The Labute approximate surface area is 174 Å². The lowest BCUT2D eigenvalue weighted by Crippen LogP contribution is -2.30. The van der Waals surface area contributed by atoms with Gasteiger partial charge in [0.05, 0.1) is 43.3 Å². The van der Waals surface area contributed by atoms with E-state index in [9.17, 15) is 9.59 Å². The first-order valence-corrected chi connectivity index (χ1v) is 10.0. The molecule has 1 atom stereocenters. The highest BCUT2D eigenvalue weighted by Crippen LogP contribution is 2.23. The van der Waals surface area contributed by atoms with Gasteiger partial charge in [0, 0.05) is 12.6 Å². The Bertz CT molecular complexity index is 1010. The van der Waals surface area contributed by atoms with Gasteiger partial charge in [0.25, 0.3) is 11.8 Å². The van der Waals surface area contributed by atoms with E-state index in [4.69, 9.17) is 9.26 Å². The molecule has 2 N–H and O–H groups in total. The third kappa shape index (κ3) is 4.13. The van der Waals surface area contributed by atoms with Crippen LogP contribution in [0, 0.1) is 0 Å². The average Bonchev–Trinajstić information content (AvgIpc) is 3.44. The van der Waals surface area contributed by atoms with Crippen molar-refractivity contribution in [3.8, 4) is 0 Å². The van der Waals surface area contributed by atoms with Crippen molar-refractivity contribution in [2.75, 3.05) is 6.61 Å². The number of ether oxygens (including phenoxy) is 1. The molecule has 4 rings (SSSR count). The Morgan fingerprint density at radius 3 is 2.77 bits per heavy atom. The Morgan fingerprint density at radius 2 is 2.03 bits per heavy atom. The zero-order valence-electron chi connectivity index (χ0n) is 16.8. The van der Waals surface area contributed by atoms with Crippen LogP contribution in [0.15, 0.2) is 53.2 Å². The van der Waals surface area contributed by atoms with Crippen LogP contribution in [0.4, 0.5) is 0 Å². The molecule has 1 aliphatic rings. The standard InChI is InChI=1S/C22H24N4O4/c1-2-18(15-6-4-3-5-7-15)25-21(27)17-12-19(26-10-11-29-14-20(17)26)22(28)23-13-16-8-9-24-30-16/h3-9,12,18H,2,10-11,13-14H2,1H3,(H,23,28)(H,25,27). The molecule has 30 heavy (non-hydrogen) atoms. The maximum atomic E-state index is 13.1. The zero-order chi connectivity index (χ0) is 20.9. The van der Waals surface area contributed by atoms with Crippen LogP contribution in [-0.4, -0.2) is 28.1 Å². The summed E-state index contributed by atoms with van der Waals surface area (Å²) in [7, 11) is 0. The van der Waals surface area contributed by atoms with Crippen molar-refractivity contribution in [1.82, 2.24) is 20.4 Å². The first-order valence-electron chi connectivity index (χ1n) is 10.0. The van der Waals surface area contributed by atoms with Crippen molar-refractivity contribution >= 4 is 11.8 Å². The Morgan fingerprint density at radius 1 is 1.20 bits per heavy atom. The van der Waals surface area contributed by atoms with E-state index in [0.717, 1.165) is 12.0 Å². The number of nitrogens with one attached hydrogen (secondary N) is 2. The number of nitrogens with zero attached hydrogens (tertiary/aromatic N) is 2. The van der Waals surface area contributed by atoms with Crippen LogP contribution in [0.1, 0.15) is 57.3 Å². The van der Waals surface area contributed by atoms with Gasteiger partial charge < -0.3 is 24.5 Å². The maximum absolute atomic E-state index is 13.1. The van der Waals surface area contributed by atoms with E-state index < -0.39 is 0 Å². The number of aromatic nitrogens is 2. The lowest BCUT2D eigenvalue weighted by Gasteiger charge is -2.20. The highest BCUT2D eigenvalue weighted by Gasteiger charge is 2.27. The Hall–Kier alpha value is -3.39. The van der Waals surface area contributed by atoms with E-state index in [1.807, 2.05) is 41.8 Å². The molecule has 3 aromatic rings. The molecule has 2 aromatic heterocycles. The van der Waals surface area contributed by atoms with Gasteiger partial charge in [-0.3, -0.25) is 9.59 Å². The number of amides is 2. The molecule has 3 heterocycles. The molecule has 0 fully saturated rings. The van der Waals surface area contributed by atoms with E-state index in [1.165, 1.54) is 6.20 Å². The smallest absolute Gasteiger partial charge is 0.268 e. The van der Waals surface area contributed by atoms with Crippen LogP contribution in [0.25, 0.3) is 0 Å². The molecule has 0 aliphatic carbocycles. The molecule has 8 nitrogen and oxygen atoms in total. The second-order valence-electron chi connectivity index (χ2n) is 7.10. The van der Waals surface area contributed by atoms with Crippen molar-refractivity contribution < 1.29 is 18.8 Å². The van der Waals surface area contributed by atoms with Gasteiger partial charge >= 0.3 is 0 Å². The SMILES string of the molecule is CCC(NC(=O)c1cc(C(=O)NCc2ccno2)n2c1COCC2)c1ccccc1. The molecule has 0 spiro atoms. The van der Waals surface area contributed by atoms with Crippen molar-refractivity contribution in [3.05, 3.63) is 76.9 Å². The largest absolute Gasteiger partial charge is 0.373 e. The topological polar surface area (TPSA) is 98.4 Å². The van der Waals surface area contributed by atoms with Gasteiger partial charge in [0.15, 0.2) is 5.76 Å². The Kier molecular flexibility index (Phi) is 5.94. The summed E-state index contributed by atoms with van der Waals surface area (Å²) in [6.07, 6.45) is 2.28. The summed E-state index contributed by atoms with van der Waals surface area (Å²) in [5.41, 5.74) is 2.66. The van der Waals surface area contributed by atoms with Crippen molar-refractivity contribution in [2.24, 2.45) is 0 Å². The predicted molar refractivity (Wildman–Crippen MR) is 109 cm³/mol. The Balaban J connectivity index is 1.55. The summed E-state index contributed by atoms with van der Waals surface area (Å²) >= 11 is 0.